The van der Waals surface area contributed by atoms with Gasteiger partial charge in [-0.1, -0.05) is 48.1 Å². The minimum atomic E-state index is -1.25. The van der Waals surface area contributed by atoms with Gasteiger partial charge in [0.1, 0.15) is 5.60 Å². The van der Waals surface area contributed by atoms with Crippen molar-refractivity contribution in [1.82, 2.24) is 0 Å². The van der Waals surface area contributed by atoms with E-state index >= 15 is 0 Å². The third-order valence-electron chi connectivity index (χ3n) is 5.59. The summed E-state index contributed by atoms with van der Waals surface area (Å²) < 4.78 is 11.5. The van der Waals surface area contributed by atoms with Gasteiger partial charge in [-0.05, 0) is 24.8 Å². The van der Waals surface area contributed by atoms with Crippen LogP contribution in [0.15, 0.2) is 54.6 Å². The van der Waals surface area contributed by atoms with Crippen LogP contribution in [0.5, 0.6) is 0 Å². The van der Waals surface area contributed by atoms with E-state index in [4.69, 9.17) is 9.47 Å². The van der Waals surface area contributed by atoms with Crippen molar-refractivity contribution in [1.29, 1.82) is 0 Å². The van der Waals surface area contributed by atoms with Crippen molar-refractivity contribution in [2.75, 3.05) is 14.2 Å². The molecule has 0 aromatic heterocycles. The molecule has 1 aromatic carbocycles. The quantitative estimate of drug-likeness (QED) is 0.685. The van der Waals surface area contributed by atoms with Crippen molar-refractivity contribution in [3.63, 3.8) is 0 Å². The van der Waals surface area contributed by atoms with E-state index in [0.717, 1.165) is 6.42 Å². The number of hydrogen-bond donors (Lipinski definition) is 1. The third-order valence-corrected chi connectivity index (χ3v) is 5.59. The Labute approximate surface area is 132 Å². The second-order valence-corrected chi connectivity index (χ2v) is 6.35. The van der Waals surface area contributed by atoms with Crippen molar-refractivity contribution in [3.05, 3.63) is 60.2 Å². The van der Waals surface area contributed by atoms with E-state index in [1.54, 1.807) is 20.3 Å². The Balaban J connectivity index is 2.14. The van der Waals surface area contributed by atoms with Gasteiger partial charge in [-0.3, -0.25) is 0 Å². The minimum absolute atomic E-state index is 0.000654. The maximum atomic E-state index is 11.4. The summed E-state index contributed by atoms with van der Waals surface area (Å²) in [6, 6.07) is 10.3. The van der Waals surface area contributed by atoms with Gasteiger partial charge in [0.05, 0.1) is 0 Å². The van der Waals surface area contributed by atoms with Crippen molar-refractivity contribution in [2.45, 2.75) is 30.7 Å². The molecule has 3 heteroatoms. The number of aliphatic hydroxyl groups is 1. The Hall–Kier alpha value is -1.42. The molecule has 0 amide bonds. The van der Waals surface area contributed by atoms with E-state index in [9.17, 15) is 5.11 Å². The molecule has 0 aliphatic heterocycles. The van der Waals surface area contributed by atoms with Crippen LogP contribution in [0.1, 0.15) is 24.8 Å². The van der Waals surface area contributed by atoms with Crippen molar-refractivity contribution in [2.24, 2.45) is 11.8 Å². The second kappa shape index (κ2) is 5.34. The Bertz CT molecular complexity index is 588. The van der Waals surface area contributed by atoms with Gasteiger partial charge in [0.15, 0.2) is 0 Å². The number of benzene rings is 1. The molecule has 2 bridgehead atoms. The van der Waals surface area contributed by atoms with Crippen LogP contribution < -0.4 is 0 Å². The van der Waals surface area contributed by atoms with E-state index in [1.165, 1.54) is 11.1 Å². The lowest BCUT2D eigenvalue weighted by Gasteiger charge is -2.60. The summed E-state index contributed by atoms with van der Waals surface area (Å²) in [6.07, 6.45) is 4.66. The Morgan fingerprint density at radius 3 is 2.41 bits per heavy atom. The van der Waals surface area contributed by atoms with Gasteiger partial charge in [-0.15, -0.1) is 6.58 Å². The van der Waals surface area contributed by atoms with E-state index in [0.29, 0.717) is 0 Å². The maximum Gasteiger partial charge on any atom is 0.207 e. The molecule has 1 saturated carbocycles. The van der Waals surface area contributed by atoms with Gasteiger partial charge in [-0.2, -0.15) is 0 Å². The molecule has 0 saturated heterocycles. The third kappa shape index (κ3) is 1.79. The first kappa shape index (κ1) is 15.5. The first-order valence-electron chi connectivity index (χ1n) is 7.73. The molecule has 118 valence electrons. The van der Waals surface area contributed by atoms with Crippen LogP contribution >= 0.6 is 0 Å². The van der Waals surface area contributed by atoms with E-state index < -0.39 is 11.4 Å². The Kier molecular flexibility index (Phi) is 3.76. The second-order valence-electron chi connectivity index (χ2n) is 6.35. The van der Waals surface area contributed by atoms with Crippen molar-refractivity contribution in [3.8, 4) is 0 Å². The summed E-state index contributed by atoms with van der Waals surface area (Å²) in [7, 11) is 3.20. The lowest BCUT2D eigenvalue weighted by atomic mass is 9.53. The smallest absolute Gasteiger partial charge is 0.207 e. The standard InChI is InChI=1S/C19H24O3/c1-5-18(20)17-11-13(2)16(19(18,21-3)22-4)12-15(17)14-9-7-6-8-10-14/h5-11,15-17,20H,1,12H2,2-4H3/t15-,16-,17-,18+/m1/s1. The highest BCUT2D eigenvalue weighted by molar-refractivity contribution is 5.38. The minimum Gasteiger partial charge on any atom is -0.379 e. The van der Waals surface area contributed by atoms with Gasteiger partial charge in [-0.25, -0.2) is 0 Å². The van der Waals surface area contributed by atoms with Crippen LogP contribution in [0.4, 0.5) is 0 Å². The molecule has 1 N–H and O–H groups in total. The van der Waals surface area contributed by atoms with Crippen LogP contribution in [0.3, 0.4) is 0 Å². The van der Waals surface area contributed by atoms with Gasteiger partial charge in [0.2, 0.25) is 5.79 Å². The first-order chi connectivity index (χ1) is 10.5. The lowest BCUT2D eigenvalue weighted by molar-refractivity contribution is -0.336. The summed E-state index contributed by atoms with van der Waals surface area (Å²) in [5.41, 5.74) is 1.20. The average Bonchev–Trinajstić information content (AvgIpc) is 2.57. The number of fused-ring (bicyclic) bond motifs is 2. The number of rotatable bonds is 4. The van der Waals surface area contributed by atoms with Crippen molar-refractivity contribution >= 4 is 0 Å². The number of methoxy groups -OCH3 is 2. The van der Waals surface area contributed by atoms with Gasteiger partial charge < -0.3 is 14.6 Å². The fourth-order valence-electron chi connectivity index (χ4n) is 4.52. The first-order valence-corrected chi connectivity index (χ1v) is 7.73. The lowest BCUT2D eigenvalue weighted by Crippen LogP contribution is -2.69. The normalized spacial score (nSPS) is 36.0. The van der Waals surface area contributed by atoms with Crippen LogP contribution in [0, 0.1) is 11.8 Å². The Morgan fingerprint density at radius 2 is 1.86 bits per heavy atom. The molecule has 0 unspecified atom stereocenters. The van der Waals surface area contributed by atoms with Gasteiger partial charge >= 0.3 is 0 Å². The molecule has 22 heavy (non-hydrogen) atoms. The Morgan fingerprint density at radius 1 is 1.23 bits per heavy atom. The molecular weight excluding hydrogens is 276 g/mol. The molecule has 4 atom stereocenters. The van der Waals surface area contributed by atoms with E-state index in [2.05, 4.69) is 31.7 Å². The summed E-state index contributed by atoms with van der Waals surface area (Å²) >= 11 is 0. The molecule has 3 aliphatic carbocycles. The number of hydrogen-bond acceptors (Lipinski definition) is 3. The molecule has 1 fully saturated rings. The zero-order valence-corrected chi connectivity index (χ0v) is 13.5. The van der Waals surface area contributed by atoms with Crippen LogP contribution in [-0.4, -0.2) is 30.7 Å². The highest BCUT2D eigenvalue weighted by atomic mass is 16.7. The van der Waals surface area contributed by atoms with Crippen molar-refractivity contribution < 1.29 is 14.6 Å². The fourth-order valence-corrected chi connectivity index (χ4v) is 4.52. The predicted octanol–water partition coefficient (Wildman–Crippen LogP) is 3.27. The van der Waals surface area contributed by atoms with E-state index in [1.807, 2.05) is 18.2 Å². The molecule has 4 rings (SSSR count). The summed E-state index contributed by atoms with van der Waals surface area (Å²) in [4.78, 5) is 0. The van der Waals surface area contributed by atoms with Gasteiger partial charge in [0, 0.05) is 26.1 Å². The van der Waals surface area contributed by atoms with Crippen LogP contribution in [0.2, 0.25) is 0 Å². The molecule has 1 aromatic rings. The average molecular weight is 300 g/mol. The van der Waals surface area contributed by atoms with E-state index in [-0.39, 0.29) is 17.8 Å². The molecule has 0 spiro atoms. The molecule has 3 aliphatic rings. The molecule has 0 heterocycles. The van der Waals surface area contributed by atoms with Gasteiger partial charge in [0.25, 0.3) is 0 Å². The zero-order valence-electron chi connectivity index (χ0n) is 13.5. The predicted molar refractivity (Wildman–Crippen MR) is 86.4 cm³/mol. The SMILES string of the molecule is C=C[C@]1(O)[C@@H]2C=C(C)[C@@H](C[C@@H]2c2ccccc2)C1(OC)OC. The van der Waals surface area contributed by atoms with Crippen LogP contribution in [0.25, 0.3) is 0 Å². The summed E-state index contributed by atoms with van der Waals surface area (Å²) in [5.74, 6) is -0.946. The summed E-state index contributed by atoms with van der Waals surface area (Å²) in [5, 5.41) is 11.4. The molecule has 3 nitrogen and oxygen atoms in total. The monoisotopic (exact) mass is 300 g/mol. The highest BCUT2D eigenvalue weighted by Crippen LogP contribution is 2.59. The highest BCUT2D eigenvalue weighted by Gasteiger charge is 2.66. The summed E-state index contributed by atoms with van der Waals surface area (Å²) in [6.45, 7) is 5.97. The molecular formula is C19H24O3. The molecule has 0 radical (unpaired) electrons. The maximum absolute atomic E-state index is 11.4. The topological polar surface area (TPSA) is 38.7 Å². The fraction of sp³-hybridized carbons (Fsp3) is 0.474. The van der Waals surface area contributed by atoms with Crippen LogP contribution in [-0.2, 0) is 9.47 Å². The zero-order chi connectivity index (χ0) is 16.0. The largest absolute Gasteiger partial charge is 0.379 e. The number of ether oxygens (including phenoxy) is 2.